The second-order valence-corrected chi connectivity index (χ2v) is 3.91. The molecule has 0 unspecified atom stereocenters. The summed E-state index contributed by atoms with van der Waals surface area (Å²) in [6, 6.07) is 9.44. The summed E-state index contributed by atoms with van der Waals surface area (Å²) in [7, 11) is 0. The highest BCUT2D eigenvalue weighted by molar-refractivity contribution is 5.91. The average molecular weight is 249 g/mol. The number of benzene rings is 1. The van der Waals surface area contributed by atoms with Gasteiger partial charge in [-0.05, 0) is 25.5 Å². The van der Waals surface area contributed by atoms with Crippen molar-refractivity contribution < 1.29 is 14.3 Å². The number of rotatable bonds is 6. The fraction of sp³-hybridized carbons (Fsp3) is 0.429. The van der Waals surface area contributed by atoms with E-state index in [1.807, 2.05) is 30.3 Å². The van der Waals surface area contributed by atoms with Crippen molar-refractivity contribution in [3.05, 3.63) is 30.3 Å². The monoisotopic (exact) mass is 249 g/mol. The molecule has 0 fully saturated rings. The van der Waals surface area contributed by atoms with Gasteiger partial charge in [-0.15, -0.1) is 0 Å². The summed E-state index contributed by atoms with van der Waals surface area (Å²) < 4.78 is 4.85. The number of ether oxygens (including phenoxy) is 1. The Kier molecular flexibility index (Phi) is 5.91. The standard InChI is InChI=1S/C14H19NO3/c1-3-18-14(17)10-7-11-15(12(2)16)13-8-5-4-6-9-13/h4-6,8-9H,3,7,10-11H2,1-2H3. The van der Waals surface area contributed by atoms with Crippen LogP contribution in [-0.4, -0.2) is 25.0 Å². The van der Waals surface area contributed by atoms with Crippen molar-refractivity contribution in [2.24, 2.45) is 0 Å². The van der Waals surface area contributed by atoms with Crippen molar-refractivity contribution in [1.29, 1.82) is 0 Å². The molecule has 0 saturated heterocycles. The fourth-order valence-corrected chi connectivity index (χ4v) is 1.69. The van der Waals surface area contributed by atoms with Gasteiger partial charge in [0.1, 0.15) is 0 Å². The number of carbonyl (C=O) groups is 2. The first-order valence-electron chi connectivity index (χ1n) is 6.14. The largest absolute Gasteiger partial charge is 0.466 e. The minimum Gasteiger partial charge on any atom is -0.466 e. The van der Waals surface area contributed by atoms with Crippen LogP contribution >= 0.6 is 0 Å². The van der Waals surface area contributed by atoms with Crippen LogP contribution in [0.4, 0.5) is 5.69 Å². The quantitative estimate of drug-likeness (QED) is 0.727. The van der Waals surface area contributed by atoms with E-state index in [0.717, 1.165) is 5.69 Å². The summed E-state index contributed by atoms with van der Waals surface area (Å²) in [5.41, 5.74) is 0.855. The van der Waals surface area contributed by atoms with E-state index in [9.17, 15) is 9.59 Å². The number of hydrogen-bond acceptors (Lipinski definition) is 3. The summed E-state index contributed by atoms with van der Waals surface area (Å²) in [6.07, 6.45) is 0.942. The molecular formula is C14H19NO3. The van der Waals surface area contributed by atoms with Gasteiger partial charge < -0.3 is 9.64 Å². The molecule has 0 bridgehead atoms. The summed E-state index contributed by atoms with van der Waals surface area (Å²) in [4.78, 5) is 24.4. The lowest BCUT2D eigenvalue weighted by Gasteiger charge is -2.20. The van der Waals surface area contributed by atoms with Gasteiger partial charge in [0.05, 0.1) is 6.61 Å². The SMILES string of the molecule is CCOC(=O)CCCN(C(C)=O)c1ccccc1. The lowest BCUT2D eigenvalue weighted by Crippen LogP contribution is -2.29. The zero-order chi connectivity index (χ0) is 13.4. The van der Waals surface area contributed by atoms with Crippen molar-refractivity contribution in [3.63, 3.8) is 0 Å². The Morgan fingerprint density at radius 2 is 1.89 bits per heavy atom. The van der Waals surface area contributed by atoms with Crippen LogP contribution in [0.1, 0.15) is 26.7 Å². The minimum absolute atomic E-state index is 0.0231. The number of nitrogens with zero attached hydrogens (tertiary/aromatic N) is 1. The molecule has 1 amide bonds. The van der Waals surface area contributed by atoms with Gasteiger partial charge in [-0.1, -0.05) is 18.2 Å². The van der Waals surface area contributed by atoms with Crippen molar-refractivity contribution in [2.75, 3.05) is 18.1 Å². The molecule has 4 heteroatoms. The molecular weight excluding hydrogens is 230 g/mol. The third kappa shape index (κ3) is 4.57. The van der Waals surface area contributed by atoms with Crippen molar-refractivity contribution in [3.8, 4) is 0 Å². The van der Waals surface area contributed by atoms with Crippen LogP contribution in [-0.2, 0) is 14.3 Å². The van der Waals surface area contributed by atoms with Crippen LogP contribution in [0.25, 0.3) is 0 Å². The van der Waals surface area contributed by atoms with Crippen LogP contribution in [0.3, 0.4) is 0 Å². The van der Waals surface area contributed by atoms with Gasteiger partial charge in [-0.25, -0.2) is 0 Å². The maximum absolute atomic E-state index is 11.6. The maximum Gasteiger partial charge on any atom is 0.305 e. The molecule has 4 nitrogen and oxygen atoms in total. The number of amides is 1. The highest BCUT2D eigenvalue weighted by Gasteiger charge is 2.11. The Balaban J connectivity index is 2.50. The van der Waals surface area contributed by atoms with E-state index in [0.29, 0.717) is 26.0 Å². The zero-order valence-corrected chi connectivity index (χ0v) is 10.9. The third-order valence-electron chi connectivity index (χ3n) is 2.52. The normalized spacial score (nSPS) is 9.89. The van der Waals surface area contributed by atoms with Crippen LogP contribution < -0.4 is 4.90 Å². The zero-order valence-electron chi connectivity index (χ0n) is 10.9. The van der Waals surface area contributed by atoms with Gasteiger partial charge in [0.25, 0.3) is 0 Å². The Morgan fingerprint density at radius 1 is 1.22 bits per heavy atom. The molecule has 1 rings (SSSR count). The lowest BCUT2D eigenvalue weighted by atomic mass is 10.2. The van der Waals surface area contributed by atoms with Crippen molar-refractivity contribution in [2.45, 2.75) is 26.7 Å². The second-order valence-electron chi connectivity index (χ2n) is 3.91. The minimum atomic E-state index is -0.214. The Bertz CT molecular complexity index is 389. The Labute approximate surface area is 108 Å². The first-order chi connectivity index (χ1) is 8.65. The molecule has 0 aliphatic heterocycles. The highest BCUT2D eigenvalue weighted by atomic mass is 16.5. The molecule has 0 aliphatic carbocycles. The first-order valence-corrected chi connectivity index (χ1v) is 6.14. The number of esters is 1. The predicted molar refractivity (Wildman–Crippen MR) is 70.3 cm³/mol. The summed E-state index contributed by atoms with van der Waals surface area (Å²) in [5.74, 6) is -0.237. The Morgan fingerprint density at radius 3 is 2.44 bits per heavy atom. The molecule has 0 saturated carbocycles. The first kappa shape index (κ1) is 14.2. The van der Waals surface area contributed by atoms with Crippen LogP contribution in [0.5, 0.6) is 0 Å². The Hall–Kier alpha value is -1.84. The van der Waals surface area contributed by atoms with Crippen LogP contribution in [0.15, 0.2) is 30.3 Å². The highest BCUT2D eigenvalue weighted by Crippen LogP contribution is 2.14. The number of para-hydroxylation sites is 1. The summed E-state index contributed by atoms with van der Waals surface area (Å²) in [5, 5.41) is 0. The number of carbonyl (C=O) groups excluding carboxylic acids is 2. The van der Waals surface area contributed by atoms with Gasteiger partial charge in [0, 0.05) is 25.6 Å². The molecule has 0 radical (unpaired) electrons. The van der Waals surface area contributed by atoms with Gasteiger partial charge in [0.2, 0.25) is 5.91 Å². The third-order valence-corrected chi connectivity index (χ3v) is 2.52. The maximum atomic E-state index is 11.6. The molecule has 0 aromatic heterocycles. The van der Waals surface area contributed by atoms with Gasteiger partial charge in [-0.3, -0.25) is 9.59 Å². The number of anilines is 1. The molecule has 1 aromatic carbocycles. The molecule has 0 N–H and O–H groups in total. The summed E-state index contributed by atoms with van der Waals surface area (Å²) in [6.45, 7) is 4.23. The molecule has 98 valence electrons. The molecule has 0 spiro atoms. The van der Waals surface area contributed by atoms with E-state index in [4.69, 9.17) is 4.74 Å². The van der Waals surface area contributed by atoms with E-state index in [1.54, 1.807) is 11.8 Å². The topological polar surface area (TPSA) is 46.6 Å². The second kappa shape index (κ2) is 7.48. The molecule has 18 heavy (non-hydrogen) atoms. The molecule has 0 heterocycles. The van der Waals surface area contributed by atoms with E-state index < -0.39 is 0 Å². The van der Waals surface area contributed by atoms with E-state index >= 15 is 0 Å². The molecule has 0 aliphatic rings. The van der Waals surface area contributed by atoms with Gasteiger partial charge in [-0.2, -0.15) is 0 Å². The van der Waals surface area contributed by atoms with Crippen LogP contribution in [0.2, 0.25) is 0 Å². The molecule has 1 aromatic rings. The van der Waals surface area contributed by atoms with Crippen LogP contribution in [0, 0.1) is 0 Å². The lowest BCUT2D eigenvalue weighted by molar-refractivity contribution is -0.143. The van der Waals surface area contributed by atoms with E-state index in [2.05, 4.69) is 0 Å². The smallest absolute Gasteiger partial charge is 0.305 e. The fourth-order valence-electron chi connectivity index (χ4n) is 1.69. The van der Waals surface area contributed by atoms with Gasteiger partial charge >= 0.3 is 5.97 Å². The van der Waals surface area contributed by atoms with Crippen molar-refractivity contribution in [1.82, 2.24) is 0 Å². The van der Waals surface area contributed by atoms with E-state index in [-0.39, 0.29) is 11.9 Å². The summed E-state index contributed by atoms with van der Waals surface area (Å²) >= 11 is 0. The average Bonchev–Trinajstić information content (AvgIpc) is 2.35. The van der Waals surface area contributed by atoms with Gasteiger partial charge in [0.15, 0.2) is 0 Å². The molecule has 0 atom stereocenters. The van der Waals surface area contributed by atoms with Crippen molar-refractivity contribution >= 4 is 17.6 Å². The predicted octanol–water partition coefficient (Wildman–Crippen LogP) is 2.38. The van der Waals surface area contributed by atoms with E-state index in [1.165, 1.54) is 6.92 Å². The number of hydrogen-bond donors (Lipinski definition) is 0.